The number of aliphatic hydroxyl groups excluding tert-OH is 1. The largest absolute Gasteiger partial charge is 0.453 e. The van der Waals surface area contributed by atoms with E-state index in [1.165, 1.54) is 13.8 Å². The summed E-state index contributed by atoms with van der Waals surface area (Å²) in [5.41, 5.74) is 3.12. The van der Waals surface area contributed by atoms with Gasteiger partial charge < -0.3 is 29.2 Å². The van der Waals surface area contributed by atoms with E-state index in [0.29, 0.717) is 11.4 Å². The maximum absolute atomic E-state index is 12.5. The number of nitrogens with one attached hydrogen (secondary N) is 1. The van der Waals surface area contributed by atoms with Crippen LogP contribution in [0.2, 0.25) is 0 Å². The number of anilines is 1. The molecule has 1 aliphatic heterocycles. The lowest BCUT2D eigenvalue weighted by molar-refractivity contribution is -0.268. The summed E-state index contributed by atoms with van der Waals surface area (Å²) in [6, 6.07) is 15.0. The third-order valence-electron chi connectivity index (χ3n) is 6.42. The van der Waals surface area contributed by atoms with Crippen LogP contribution in [-0.2, 0) is 37.5 Å². The highest BCUT2D eigenvalue weighted by molar-refractivity contribution is 7.99. The van der Waals surface area contributed by atoms with Gasteiger partial charge in [0.2, 0.25) is 0 Å². The molecule has 1 amide bonds. The average Bonchev–Trinajstić information content (AvgIpc) is 3.32. The van der Waals surface area contributed by atoms with Crippen molar-refractivity contribution in [2.24, 2.45) is 13.0 Å². The molecule has 1 saturated heterocycles. The van der Waals surface area contributed by atoms with E-state index in [1.807, 2.05) is 54.2 Å². The molecule has 2 heterocycles. The second-order valence-electron chi connectivity index (χ2n) is 9.32. The van der Waals surface area contributed by atoms with Gasteiger partial charge in [0.25, 0.3) is 5.91 Å². The Morgan fingerprint density at radius 3 is 2.61 bits per heavy atom. The molecule has 0 unspecified atom stereocenters. The highest BCUT2D eigenvalue weighted by Gasteiger charge is 2.38. The van der Waals surface area contributed by atoms with Gasteiger partial charge >= 0.3 is 5.97 Å². The number of aromatic nitrogens is 2. The number of carbonyl (C=O) groups excluding carboxylic acids is 2. The maximum atomic E-state index is 12.5. The Morgan fingerprint density at radius 2 is 1.95 bits per heavy atom. The Hall–Kier alpha value is -3.18. The average molecular weight is 540 g/mol. The summed E-state index contributed by atoms with van der Waals surface area (Å²) in [7, 11) is 1.96. The summed E-state index contributed by atoms with van der Waals surface area (Å²) in [6.45, 7) is 4.87. The zero-order valence-electron chi connectivity index (χ0n) is 21.9. The topological polar surface area (TPSA) is 112 Å². The zero-order valence-corrected chi connectivity index (χ0v) is 22.7. The smallest absolute Gasteiger partial charge is 0.303 e. The number of hydrogen-bond donors (Lipinski definition) is 2. The number of thioether (sulfide) groups is 1. The lowest BCUT2D eigenvalue weighted by Crippen LogP contribution is -2.38. The van der Waals surface area contributed by atoms with Crippen LogP contribution in [0.3, 0.4) is 0 Å². The van der Waals surface area contributed by atoms with E-state index in [4.69, 9.17) is 14.2 Å². The van der Waals surface area contributed by atoms with Gasteiger partial charge in [-0.25, -0.2) is 4.98 Å². The minimum atomic E-state index is -0.919. The Labute approximate surface area is 226 Å². The van der Waals surface area contributed by atoms with Gasteiger partial charge in [-0.05, 0) is 30.2 Å². The molecule has 3 aromatic rings. The lowest BCUT2D eigenvalue weighted by Gasteiger charge is -2.41. The van der Waals surface area contributed by atoms with Crippen molar-refractivity contribution in [3.63, 3.8) is 0 Å². The fourth-order valence-electron chi connectivity index (χ4n) is 4.27. The van der Waals surface area contributed by atoms with Crippen LogP contribution in [0.1, 0.15) is 49.9 Å². The van der Waals surface area contributed by atoms with Crippen molar-refractivity contribution in [3.05, 3.63) is 77.6 Å². The van der Waals surface area contributed by atoms with Crippen LogP contribution >= 0.6 is 11.8 Å². The molecule has 5 atom stereocenters. The maximum Gasteiger partial charge on any atom is 0.303 e. The Balaban J connectivity index is 1.56. The minimum Gasteiger partial charge on any atom is -0.453 e. The predicted octanol–water partition coefficient (Wildman–Crippen LogP) is 4.39. The Bertz CT molecular complexity index is 1250. The van der Waals surface area contributed by atoms with E-state index in [9.17, 15) is 14.7 Å². The van der Waals surface area contributed by atoms with Gasteiger partial charge in [-0.15, -0.1) is 0 Å². The van der Waals surface area contributed by atoms with Gasteiger partial charge in [-0.3, -0.25) is 9.59 Å². The van der Waals surface area contributed by atoms with Crippen LogP contribution < -0.4 is 5.32 Å². The van der Waals surface area contributed by atoms with Crippen LogP contribution in [0, 0.1) is 5.92 Å². The van der Waals surface area contributed by atoms with E-state index in [2.05, 4.69) is 17.2 Å². The van der Waals surface area contributed by atoms with Crippen molar-refractivity contribution >= 4 is 29.3 Å². The molecule has 0 saturated carbocycles. The summed E-state index contributed by atoms with van der Waals surface area (Å²) in [5.74, 6) is -0.242. The highest BCUT2D eigenvalue weighted by Crippen LogP contribution is 2.43. The van der Waals surface area contributed by atoms with Gasteiger partial charge in [0.05, 0.1) is 18.8 Å². The molecular weight excluding hydrogens is 506 g/mol. The summed E-state index contributed by atoms with van der Waals surface area (Å²) in [5, 5.41) is 13.1. The van der Waals surface area contributed by atoms with Gasteiger partial charge in [-0.1, -0.05) is 55.1 Å². The SMILES string of the molecule is CC(=O)O[C@@H](C)C(=O)Nc1cccc([C@H]2O[C@@H](CSc3nccn3C)[C@@H](C)[C@@H](c3ccc(CO)cc3)O2)c1. The number of imidazole rings is 1. The second kappa shape index (κ2) is 12.6. The lowest BCUT2D eigenvalue weighted by atomic mass is 9.91. The third kappa shape index (κ3) is 6.82. The molecule has 202 valence electrons. The van der Waals surface area contributed by atoms with Crippen molar-refractivity contribution in [2.75, 3.05) is 11.1 Å². The van der Waals surface area contributed by atoms with Crippen LogP contribution in [0.15, 0.2) is 66.1 Å². The van der Waals surface area contributed by atoms with E-state index >= 15 is 0 Å². The van der Waals surface area contributed by atoms with Crippen LogP contribution in [0.4, 0.5) is 5.69 Å². The fourth-order valence-corrected chi connectivity index (χ4v) is 5.36. The molecule has 9 nitrogen and oxygen atoms in total. The van der Waals surface area contributed by atoms with E-state index in [0.717, 1.165) is 21.8 Å². The normalized spacial score (nSPS) is 22.0. The first-order valence-corrected chi connectivity index (χ1v) is 13.4. The van der Waals surface area contributed by atoms with Crippen molar-refractivity contribution in [2.45, 2.75) is 57.1 Å². The number of nitrogens with zero attached hydrogens (tertiary/aromatic N) is 2. The van der Waals surface area contributed by atoms with Crippen molar-refractivity contribution < 1.29 is 28.9 Å². The monoisotopic (exact) mass is 539 g/mol. The number of carbonyl (C=O) groups is 2. The number of aryl methyl sites for hydroxylation is 1. The molecule has 4 rings (SSSR count). The first kappa shape index (κ1) is 27.8. The number of aliphatic hydroxyl groups is 1. The van der Waals surface area contributed by atoms with Gasteiger partial charge in [0, 0.05) is 49.3 Å². The molecule has 2 aromatic carbocycles. The van der Waals surface area contributed by atoms with Gasteiger partial charge in [0.1, 0.15) is 0 Å². The van der Waals surface area contributed by atoms with Crippen LogP contribution in [0.5, 0.6) is 0 Å². The first-order valence-electron chi connectivity index (χ1n) is 12.4. The molecule has 2 N–H and O–H groups in total. The number of benzene rings is 2. The quantitative estimate of drug-likeness (QED) is 0.304. The van der Waals surface area contributed by atoms with E-state index < -0.39 is 24.3 Å². The zero-order chi connectivity index (χ0) is 27.2. The second-order valence-corrected chi connectivity index (χ2v) is 10.3. The standard InChI is InChI=1S/C28H33N3O6S/c1-17-24(16-38-28-29-12-13-31(28)4)36-27(37-25(17)21-10-8-20(15-32)9-11-21)22-6-5-7-23(14-22)30-26(34)18(2)35-19(3)33/h5-14,17-18,24-25,27,32H,15-16H2,1-4H3,(H,30,34)/t17-,18+,24+,25+,27+/m1/s1. The molecule has 0 aliphatic carbocycles. The summed E-state index contributed by atoms with van der Waals surface area (Å²) >= 11 is 1.62. The molecule has 1 aromatic heterocycles. The van der Waals surface area contributed by atoms with Crippen LogP contribution in [0.25, 0.3) is 0 Å². The molecule has 1 aliphatic rings. The van der Waals surface area contributed by atoms with Gasteiger partial charge in [0.15, 0.2) is 17.6 Å². The van der Waals surface area contributed by atoms with Crippen molar-refractivity contribution in [1.29, 1.82) is 0 Å². The number of hydrogen-bond acceptors (Lipinski definition) is 8. The summed E-state index contributed by atoms with van der Waals surface area (Å²) in [4.78, 5) is 28.1. The number of esters is 1. The fraction of sp³-hybridized carbons (Fsp3) is 0.393. The Morgan fingerprint density at radius 1 is 1.18 bits per heavy atom. The first-order chi connectivity index (χ1) is 18.2. The number of rotatable bonds is 9. The highest BCUT2D eigenvalue weighted by atomic mass is 32.2. The van der Waals surface area contributed by atoms with E-state index in [-0.39, 0.29) is 24.7 Å². The van der Waals surface area contributed by atoms with E-state index in [1.54, 1.807) is 30.1 Å². The summed E-state index contributed by atoms with van der Waals surface area (Å²) in [6.07, 6.45) is 1.68. The molecule has 38 heavy (non-hydrogen) atoms. The van der Waals surface area contributed by atoms with Crippen molar-refractivity contribution in [1.82, 2.24) is 9.55 Å². The van der Waals surface area contributed by atoms with Gasteiger partial charge in [-0.2, -0.15) is 0 Å². The Kier molecular flexibility index (Phi) is 9.22. The van der Waals surface area contributed by atoms with Crippen molar-refractivity contribution in [3.8, 4) is 0 Å². The number of ether oxygens (including phenoxy) is 3. The minimum absolute atomic E-state index is 0.0232. The molecule has 0 spiro atoms. The number of amides is 1. The molecule has 0 radical (unpaired) electrons. The summed E-state index contributed by atoms with van der Waals surface area (Å²) < 4.78 is 19.9. The van der Waals surface area contributed by atoms with Crippen LogP contribution in [-0.4, -0.2) is 44.5 Å². The molecule has 0 bridgehead atoms. The third-order valence-corrected chi connectivity index (χ3v) is 7.56. The predicted molar refractivity (Wildman–Crippen MR) is 143 cm³/mol. The molecular formula is C28H33N3O6S. The molecule has 10 heteroatoms. The molecule has 1 fully saturated rings.